The van der Waals surface area contributed by atoms with Crippen molar-refractivity contribution >= 4 is 23.1 Å². The zero-order chi connectivity index (χ0) is 17.6. The molecule has 0 saturated carbocycles. The third kappa shape index (κ3) is 4.03. The molecule has 3 heterocycles. The predicted octanol–water partition coefficient (Wildman–Crippen LogP) is 4.65. The highest BCUT2D eigenvalue weighted by molar-refractivity contribution is 7.99. The van der Waals surface area contributed by atoms with Crippen LogP contribution in [0.25, 0.3) is 5.69 Å². The Labute approximate surface area is 161 Å². The van der Waals surface area contributed by atoms with Gasteiger partial charge in [-0.05, 0) is 47.7 Å². The molecule has 26 heavy (non-hydrogen) atoms. The Morgan fingerprint density at radius 2 is 1.77 bits per heavy atom. The molecule has 4 aromatic rings. The van der Waals surface area contributed by atoms with E-state index in [0.29, 0.717) is 0 Å². The van der Waals surface area contributed by atoms with Crippen LogP contribution in [-0.4, -0.2) is 25.5 Å². The average molecular weight is 379 g/mol. The first kappa shape index (κ1) is 17.0. The van der Waals surface area contributed by atoms with E-state index in [1.54, 1.807) is 23.1 Å². The third-order valence-corrected chi connectivity index (χ3v) is 5.81. The number of thioether (sulfide) groups is 1. The maximum atomic E-state index is 4.48. The normalized spacial score (nSPS) is 10.9. The van der Waals surface area contributed by atoms with Gasteiger partial charge in [0.05, 0.1) is 0 Å². The van der Waals surface area contributed by atoms with Crippen LogP contribution in [0.15, 0.2) is 77.5 Å². The standard InChI is InChI=1S/C20H18N4S2/c1-2-5-17(6-3-1)24-19(15-18-7-4-13-25-18)22-23-20(24)26-14-10-16-8-11-21-12-9-16/h1-9,11-13H,10,14-15H2. The second-order valence-corrected chi connectivity index (χ2v) is 7.87. The number of thiophene rings is 1. The van der Waals surface area contributed by atoms with E-state index in [9.17, 15) is 0 Å². The van der Waals surface area contributed by atoms with Crippen LogP contribution in [0, 0.1) is 0 Å². The monoisotopic (exact) mass is 378 g/mol. The number of nitrogens with zero attached hydrogens (tertiary/aromatic N) is 4. The fraction of sp³-hybridized carbons (Fsp3) is 0.150. The lowest BCUT2D eigenvalue weighted by atomic mass is 10.2. The Bertz CT molecular complexity index is 935. The van der Waals surface area contributed by atoms with Crippen molar-refractivity contribution in [3.8, 4) is 5.69 Å². The molecule has 0 unspecified atom stereocenters. The second-order valence-electron chi connectivity index (χ2n) is 5.78. The van der Waals surface area contributed by atoms with E-state index < -0.39 is 0 Å². The summed E-state index contributed by atoms with van der Waals surface area (Å²) in [5.41, 5.74) is 2.40. The van der Waals surface area contributed by atoms with Gasteiger partial charge in [-0.3, -0.25) is 9.55 Å². The topological polar surface area (TPSA) is 43.6 Å². The van der Waals surface area contributed by atoms with Crippen molar-refractivity contribution < 1.29 is 0 Å². The highest BCUT2D eigenvalue weighted by Gasteiger charge is 2.15. The SMILES string of the molecule is c1ccc(-n2c(Cc3cccs3)nnc2SCCc2ccncc2)cc1. The molecule has 3 aromatic heterocycles. The van der Waals surface area contributed by atoms with Crippen LogP contribution in [0.2, 0.25) is 0 Å². The minimum atomic E-state index is 0.796. The summed E-state index contributed by atoms with van der Waals surface area (Å²) in [5.74, 6) is 1.93. The summed E-state index contributed by atoms with van der Waals surface area (Å²) >= 11 is 3.49. The minimum Gasteiger partial charge on any atom is -0.274 e. The molecule has 0 amide bonds. The fourth-order valence-electron chi connectivity index (χ4n) is 2.72. The van der Waals surface area contributed by atoms with Crippen LogP contribution >= 0.6 is 23.1 Å². The van der Waals surface area contributed by atoms with Crippen molar-refractivity contribution in [3.63, 3.8) is 0 Å². The van der Waals surface area contributed by atoms with Crippen LogP contribution < -0.4 is 0 Å². The number of benzene rings is 1. The first-order valence-corrected chi connectivity index (χ1v) is 10.3. The summed E-state index contributed by atoms with van der Waals surface area (Å²) in [7, 11) is 0. The summed E-state index contributed by atoms with van der Waals surface area (Å²) in [6, 6.07) is 18.7. The van der Waals surface area contributed by atoms with Crippen LogP contribution in [0.5, 0.6) is 0 Å². The number of aromatic nitrogens is 4. The van der Waals surface area contributed by atoms with Gasteiger partial charge in [-0.15, -0.1) is 21.5 Å². The highest BCUT2D eigenvalue weighted by Crippen LogP contribution is 2.25. The molecule has 0 aliphatic heterocycles. The second kappa shape index (κ2) is 8.29. The van der Waals surface area contributed by atoms with E-state index in [-0.39, 0.29) is 0 Å². The van der Waals surface area contributed by atoms with E-state index in [1.165, 1.54) is 10.4 Å². The number of pyridine rings is 1. The van der Waals surface area contributed by atoms with Gasteiger partial charge in [0.25, 0.3) is 0 Å². The Hall–Kier alpha value is -2.44. The number of rotatable bonds is 7. The van der Waals surface area contributed by atoms with Crippen molar-refractivity contribution in [2.75, 3.05) is 5.75 Å². The summed E-state index contributed by atoms with van der Waals surface area (Å²) in [6.07, 6.45) is 5.46. The van der Waals surface area contributed by atoms with Crippen molar-refractivity contribution in [3.05, 3.63) is 88.6 Å². The summed E-state index contributed by atoms with van der Waals surface area (Å²) in [6.45, 7) is 0. The summed E-state index contributed by atoms with van der Waals surface area (Å²) in [5, 5.41) is 12.0. The zero-order valence-electron chi connectivity index (χ0n) is 14.2. The molecule has 1 aromatic carbocycles. The number of para-hydroxylation sites is 1. The van der Waals surface area contributed by atoms with Gasteiger partial charge in [0.15, 0.2) is 5.16 Å². The molecule has 0 fully saturated rings. The third-order valence-electron chi connectivity index (χ3n) is 4.00. The van der Waals surface area contributed by atoms with Crippen LogP contribution in [0.4, 0.5) is 0 Å². The highest BCUT2D eigenvalue weighted by atomic mass is 32.2. The Morgan fingerprint density at radius 3 is 2.54 bits per heavy atom. The Kier molecular flexibility index (Phi) is 5.42. The Morgan fingerprint density at radius 1 is 0.923 bits per heavy atom. The molecule has 0 atom stereocenters. The van der Waals surface area contributed by atoms with E-state index in [0.717, 1.165) is 35.3 Å². The first-order valence-electron chi connectivity index (χ1n) is 8.44. The lowest BCUT2D eigenvalue weighted by molar-refractivity contribution is 0.850. The molecule has 4 rings (SSSR count). The van der Waals surface area contributed by atoms with Crippen molar-refractivity contribution in [2.24, 2.45) is 0 Å². The van der Waals surface area contributed by atoms with Gasteiger partial charge in [-0.1, -0.05) is 36.0 Å². The maximum absolute atomic E-state index is 4.48. The molecule has 0 bridgehead atoms. The van der Waals surface area contributed by atoms with E-state index in [4.69, 9.17) is 0 Å². The van der Waals surface area contributed by atoms with Gasteiger partial charge in [0, 0.05) is 35.1 Å². The lowest BCUT2D eigenvalue weighted by Crippen LogP contribution is -2.03. The molecule has 0 saturated heterocycles. The van der Waals surface area contributed by atoms with Crippen molar-refractivity contribution in [2.45, 2.75) is 18.0 Å². The molecule has 6 heteroatoms. The molecular weight excluding hydrogens is 360 g/mol. The van der Waals surface area contributed by atoms with Crippen LogP contribution in [-0.2, 0) is 12.8 Å². The summed E-state index contributed by atoms with van der Waals surface area (Å²) in [4.78, 5) is 5.37. The van der Waals surface area contributed by atoms with Crippen LogP contribution in [0.3, 0.4) is 0 Å². The molecular formula is C20H18N4S2. The Balaban J connectivity index is 1.56. The van der Waals surface area contributed by atoms with Gasteiger partial charge < -0.3 is 0 Å². The number of aryl methyl sites for hydroxylation is 1. The molecule has 4 nitrogen and oxygen atoms in total. The minimum absolute atomic E-state index is 0.796. The van der Waals surface area contributed by atoms with Gasteiger partial charge in [-0.25, -0.2) is 0 Å². The maximum Gasteiger partial charge on any atom is 0.195 e. The fourth-order valence-corrected chi connectivity index (χ4v) is 4.38. The van der Waals surface area contributed by atoms with Gasteiger partial charge in [0.1, 0.15) is 5.82 Å². The zero-order valence-corrected chi connectivity index (χ0v) is 15.8. The van der Waals surface area contributed by atoms with Crippen molar-refractivity contribution in [1.82, 2.24) is 19.7 Å². The number of hydrogen-bond donors (Lipinski definition) is 0. The molecule has 0 spiro atoms. The van der Waals surface area contributed by atoms with E-state index in [1.807, 2.05) is 18.5 Å². The summed E-state index contributed by atoms with van der Waals surface area (Å²) < 4.78 is 2.18. The lowest BCUT2D eigenvalue weighted by Gasteiger charge is -2.09. The van der Waals surface area contributed by atoms with Crippen molar-refractivity contribution in [1.29, 1.82) is 0 Å². The average Bonchev–Trinajstić information content (AvgIpc) is 3.34. The van der Waals surface area contributed by atoms with Gasteiger partial charge in [-0.2, -0.15) is 0 Å². The quantitative estimate of drug-likeness (QED) is 0.439. The van der Waals surface area contributed by atoms with E-state index >= 15 is 0 Å². The molecule has 130 valence electrons. The van der Waals surface area contributed by atoms with Gasteiger partial charge in [0.2, 0.25) is 0 Å². The largest absolute Gasteiger partial charge is 0.274 e. The smallest absolute Gasteiger partial charge is 0.195 e. The molecule has 0 N–H and O–H groups in total. The van der Waals surface area contributed by atoms with Gasteiger partial charge >= 0.3 is 0 Å². The number of hydrogen-bond acceptors (Lipinski definition) is 5. The molecule has 0 aliphatic carbocycles. The molecule has 0 radical (unpaired) electrons. The molecule has 0 aliphatic rings. The van der Waals surface area contributed by atoms with E-state index in [2.05, 4.69) is 73.7 Å². The first-order chi connectivity index (χ1) is 12.9. The predicted molar refractivity (Wildman–Crippen MR) is 107 cm³/mol. The van der Waals surface area contributed by atoms with Crippen LogP contribution in [0.1, 0.15) is 16.3 Å².